The Kier molecular flexibility index (Phi) is 5.01. The van der Waals surface area contributed by atoms with Gasteiger partial charge in [0.25, 0.3) is 0 Å². The van der Waals surface area contributed by atoms with Crippen LogP contribution in [0, 0.1) is 0 Å². The average Bonchev–Trinajstić information content (AvgIpc) is 2.90. The van der Waals surface area contributed by atoms with E-state index in [1.807, 2.05) is 18.5 Å². The SMILES string of the molecule is CC[C@H](C)Oc1nc(NC)c2nc(Br)n(C3CCCCO3)c2n1. The van der Waals surface area contributed by atoms with Crippen molar-refractivity contribution in [2.45, 2.75) is 51.9 Å². The minimum Gasteiger partial charge on any atom is -0.460 e. The Bertz CT molecular complexity index is 684. The van der Waals surface area contributed by atoms with Crippen LogP contribution < -0.4 is 10.1 Å². The predicted octanol–water partition coefficient (Wildman–Crippen LogP) is 3.51. The van der Waals surface area contributed by atoms with Crippen LogP contribution in [-0.2, 0) is 4.74 Å². The number of nitrogens with one attached hydrogen (secondary N) is 1. The Labute approximate surface area is 143 Å². The molecule has 0 saturated carbocycles. The molecule has 2 aromatic rings. The zero-order valence-corrected chi connectivity index (χ0v) is 15.3. The summed E-state index contributed by atoms with van der Waals surface area (Å²) in [6.07, 6.45) is 4.08. The highest BCUT2D eigenvalue weighted by Crippen LogP contribution is 2.33. The Balaban J connectivity index is 2.08. The number of ether oxygens (including phenoxy) is 2. The van der Waals surface area contributed by atoms with E-state index in [0.717, 1.165) is 37.9 Å². The molecule has 0 bridgehead atoms. The summed E-state index contributed by atoms with van der Waals surface area (Å²) in [6.45, 7) is 4.83. The Morgan fingerprint density at radius 2 is 2.22 bits per heavy atom. The Hall–Kier alpha value is -1.41. The molecule has 1 aliphatic heterocycles. The van der Waals surface area contributed by atoms with Gasteiger partial charge in [-0.3, -0.25) is 4.57 Å². The van der Waals surface area contributed by atoms with Crippen LogP contribution in [0.25, 0.3) is 11.2 Å². The van der Waals surface area contributed by atoms with Gasteiger partial charge in [-0.25, -0.2) is 4.98 Å². The van der Waals surface area contributed by atoms with E-state index in [4.69, 9.17) is 9.47 Å². The molecule has 0 amide bonds. The van der Waals surface area contributed by atoms with Crippen molar-refractivity contribution in [3.63, 3.8) is 0 Å². The molecular weight excluding hydrogens is 362 g/mol. The summed E-state index contributed by atoms with van der Waals surface area (Å²) in [4.78, 5) is 13.6. The van der Waals surface area contributed by atoms with Crippen molar-refractivity contribution in [2.24, 2.45) is 0 Å². The quantitative estimate of drug-likeness (QED) is 0.796. The zero-order chi connectivity index (χ0) is 16.4. The fourth-order valence-corrected chi connectivity index (χ4v) is 3.17. The first kappa shape index (κ1) is 16.4. The van der Waals surface area contributed by atoms with Crippen molar-refractivity contribution < 1.29 is 9.47 Å². The summed E-state index contributed by atoms with van der Waals surface area (Å²) in [5.41, 5.74) is 1.44. The van der Waals surface area contributed by atoms with Gasteiger partial charge in [-0.15, -0.1) is 0 Å². The summed E-state index contributed by atoms with van der Waals surface area (Å²) in [6, 6.07) is 0.362. The molecule has 1 fully saturated rings. The number of hydrogen-bond donors (Lipinski definition) is 1. The summed E-state index contributed by atoms with van der Waals surface area (Å²) in [7, 11) is 1.82. The van der Waals surface area contributed by atoms with E-state index >= 15 is 0 Å². The number of nitrogens with zero attached hydrogens (tertiary/aromatic N) is 4. The number of hydrogen-bond acceptors (Lipinski definition) is 6. The third-order valence-electron chi connectivity index (χ3n) is 4.04. The minimum atomic E-state index is -0.0563. The van der Waals surface area contributed by atoms with Gasteiger partial charge in [0.1, 0.15) is 6.23 Å². The standard InChI is InChI=1S/C15H22BrN5O2/c1-4-9(2)23-15-19-12(17-3)11-13(20-15)21(14(16)18-11)10-7-5-6-8-22-10/h9-10H,4-8H2,1-3H3,(H,17,19,20)/t9-,10?/m0/s1. The first-order valence-corrected chi connectivity index (χ1v) is 8.84. The van der Waals surface area contributed by atoms with Crippen LogP contribution in [0.2, 0.25) is 0 Å². The normalized spacial score (nSPS) is 19.7. The minimum absolute atomic E-state index is 0.0563. The monoisotopic (exact) mass is 383 g/mol. The second-order valence-corrected chi connectivity index (χ2v) is 6.40. The van der Waals surface area contributed by atoms with Gasteiger partial charge in [0.2, 0.25) is 0 Å². The summed E-state index contributed by atoms with van der Waals surface area (Å²) < 4.78 is 14.4. The smallest absolute Gasteiger partial charge is 0.320 e. The highest BCUT2D eigenvalue weighted by Gasteiger charge is 2.24. The Morgan fingerprint density at radius 1 is 1.39 bits per heavy atom. The molecule has 0 aliphatic carbocycles. The van der Waals surface area contributed by atoms with Crippen LogP contribution in [0.15, 0.2) is 4.73 Å². The van der Waals surface area contributed by atoms with Gasteiger partial charge in [-0.1, -0.05) is 6.92 Å². The van der Waals surface area contributed by atoms with Crippen LogP contribution in [-0.4, -0.2) is 39.3 Å². The Morgan fingerprint density at radius 3 is 2.87 bits per heavy atom. The van der Waals surface area contributed by atoms with E-state index in [9.17, 15) is 0 Å². The van der Waals surface area contributed by atoms with E-state index in [1.165, 1.54) is 0 Å². The van der Waals surface area contributed by atoms with Crippen LogP contribution in [0.1, 0.15) is 45.8 Å². The maximum Gasteiger partial charge on any atom is 0.320 e. The zero-order valence-electron chi connectivity index (χ0n) is 13.7. The number of halogens is 1. The topological polar surface area (TPSA) is 74.1 Å². The molecule has 1 saturated heterocycles. The highest BCUT2D eigenvalue weighted by atomic mass is 79.9. The highest BCUT2D eigenvalue weighted by molar-refractivity contribution is 9.10. The van der Waals surface area contributed by atoms with Crippen molar-refractivity contribution in [3.05, 3.63) is 4.73 Å². The van der Waals surface area contributed by atoms with E-state index in [0.29, 0.717) is 22.1 Å². The molecule has 1 unspecified atom stereocenters. The lowest BCUT2D eigenvalue weighted by Crippen LogP contribution is -2.19. The number of anilines is 1. The molecule has 0 spiro atoms. The van der Waals surface area contributed by atoms with E-state index in [1.54, 1.807) is 0 Å². The number of rotatable bonds is 5. The van der Waals surface area contributed by atoms with Gasteiger partial charge in [0, 0.05) is 13.7 Å². The second kappa shape index (κ2) is 7.00. The lowest BCUT2D eigenvalue weighted by atomic mass is 10.2. The first-order chi connectivity index (χ1) is 11.1. The number of fused-ring (bicyclic) bond motifs is 1. The maximum absolute atomic E-state index is 5.90. The molecule has 1 N–H and O–H groups in total. The maximum atomic E-state index is 5.90. The molecule has 0 radical (unpaired) electrons. The molecule has 7 nitrogen and oxygen atoms in total. The molecule has 3 rings (SSSR count). The molecule has 2 aromatic heterocycles. The first-order valence-electron chi connectivity index (χ1n) is 8.05. The van der Waals surface area contributed by atoms with Crippen LogP contribution in [0.5, 0.6) is 6.01 Å². The molecule has 1 aliphatic rings. The van der Waals surface area contributed by atoms with Crippen molar-refractivity contribution in [3.8, 4) is 6.01 Å². The van der Waals surface area contributed by atoms with Gasteiger partial charge in [-0.05, 0) is 48.5 Å². The summed E-state index contributed by atoms with van der Waals surface area (Å²) >= 11 is 3.53. The molecule has 2 atom stereocenters. The fraction of sp³-hybridized carbons (Fsp3) is 0.667. The van der Waals surface area contributed by atoms with Gasteiger partial charge in [-0.2, -0.15) is 9.97 Å². The molecule has 126 valence electrons. The van der Waals surface area contributed by atoms with E-state index in [2.05, 4.69) is 43.1 Å². The third-order valence-corrected chi connectivity index (χ3v) is 4.60. The fourth-order valence-electron chi connectivity index (χ4n) is 2.60. The lowest BCUT2D eigenvalue weighted by Gasteiger charge is -2.24. The molecular formula is C15H22BrN5O2. The lowest BCUT2D eigenvalue weighted by molar-refractivity contribution is -0.0311. The van der Waals surface area contributed by atoms with Crippen molar-refractivity contribution in [1.82, 2.24) is 19.5 Å². The second-order valence-electron chi connectivity index (χ2n) is 5.69. The summed E-state index contributed by atoms with van der Waals surface area (Å²) in [5.74, 6) is 0.656. The van der Waals surface area contributed by atoms with Crippen LogP contribution in [0.3, 0.4) is 0 Å². The van der Waals surface area contributed by atoms with Crippen molar-refractivity contribution in [2.75, 3.05) is 19.0 Å². The predicted molar refractivity (Wildman–Crippen MR) is 91.8 cm³/mol. The largest absolute Gasteiger partial charge is 0.460 e. The molecule has 3 heterocycles. The van der Waals surface area contributed by atoms with Gasteiger partial charge >= 0.3 is 6.01 Å². The number of aromatic nitrogens is 4. The van der Waals surface area contributed by atoms with E-state index in [-0.39, 0.29) is 12.3 Å². The molecule has 0 aromatic carbocycles. The third kappa shape index (κ3) is 3.28. The summed E-state index contributed by atoms with van der Waals surface area (Å²) in [5, 5.41) is 3.08. The molecule has 8 heteroatoms. The average molecular weight is 384 g/mol. The van der Waals surface area contributed by atoms with Crippen LogP contribution >= 0.6 is 15.9 Å². The molecule has 23 heavy (non-hydrogen) atoms. The van der Waals surface area contributed by atoms with Gasteiger partial charge in [0.05, 0.1) is 6.10 Å². The number of imidazole rings is 1. The van der Waals surface area contributed by atoms with Crippen molar-refractivity contribution in [1.29, 1.82) is 0 Å². The van der Waals surface area contributed by atoms with E-state index < -0.39 is 0 Å². The van der Waals surface area contributed by atoms with Crippen molar-refractivity contribution >= 4 is 32.9 Å². The van der Waals surface area contributed by atoms with Crippen LogP contribution in [0.4, 0.5) is 5.82 Å². The van der Waals surface area contributed by atoms with Gasteiger partial charge in [0.15, 0.2) is 21.7 Å². The van der Waals surface area contributed by atoms with Gasteiger partial charge < -0.3 is 14.8 Å².